The Morgan fingerprint density at radius 2 is 1.94 bits per heavy atom. The Labute approximate surface area is 101 Å². The molecule has 0 bridgehead atoms. The van der Waals surface area contributed by atoms with Crippen LogP contribution in [0.5, 0.6) is 5.75 Å². The summed E-state index contributed by atoms with van der Waals surface area (Å²) >= 11 is 1.19. The molecule has 0 radical (unpaired) electrons. The SMILES string of the molecule is COc1csc(C(O)c2c(F)cccc2F)c1. The van der Waals surface area contributed by atoms with Gasteiger partial charge >= 0.3 is 0 Å². The lowest BCUT2D eigenvalue weighted by atomic mass is 10.1. The van der Waals surface area contributed by atoms with Gasteiger partial charge in [0.05, 0.1) is 12.7 Å². The summed E-state index contributed by atoms with van der Waals surface area (Å²) in [4.78, 5) is 0.436. The predicted octanol–water partition coefficient (Wildman–Crippen LogP) is 3.12. The molecule has 0 amide bonds. The van der Waals surface area contributed by atoms with Gasteiger partial charge in [0, 0.05) is 10.3 Å². The number of halogens is 2. The van der Waals surface area contributed by atoms with Crippen LogP contribution in [-0.4, -0.2) is 12.2 Å². The Morgan fingerprint density at radius 1 is 1.29 bits per heavy atom. The maximum atomic E-state index is 13.4. The average Bonchev–Trinajstić information content (AvgIpc) is 2.77. The van der Waals surface area contributed by atoms with Gasteiger partial charge in [0.1, 0.15) is 23.5 Å². The van der Waals surface area contributed by atoms with Gasteiger partial charge in [-0.05, 0) is 18.2 Å². The lowest BCUT2D eigenvalue weighted by Crippen LogP contribution is -2.03. The Kier molecular flexibility index (Phi) is 3.40. The maximum Gasteiger partial charge on any atom is 0.132 e. The zero-order valence-corrected chi connectivity index (χ0v) is 9.80. The second kappa shape index (κ2) is 4.81. The highest BCUT2D eigenvalue weighted by molar-refractivity contribution is 7.10. The fourth-order valence-electron chi connectivity index (χ4n) is 1.50. The van der Waals surface area contributed by atoms with E-state index in [2.05, 4.69) is 0 Å². The molecule has 2 aromatic rings. The average molecular weight is 256 g/mol. The molecule has 0 saturated heterocycles. The van der Waals surface area contributed by atoms with E-state index in [9.17, 15) is 13.9 Å². The molecule has 1 unspecified atom stereocenters. The smallest absolute Gasteiger partial charge is 0.132 e. The lowest BCUT2D eigenvalue weighted by Gasteiger charge is -2.10. The second-order valence-corrected chi connectivity index (χ2v) is 4.37. The van der Waals surface area contributed by atoms with Crippen LogP contribution in [-0.2, 0) is 0 Å². The number of aliphatic hydroxyl groups is 1. The van der Waals surface area contributed by atoms with Gasteiger partial charge in [-0.25, -0.2) is 8.78 Å². The van der Waals surface area contributed by atoms with Crippen LogP contribution in [0.25, 0.3) is 0 Å². The molecule has 0 saturated carbocycles. The topological polar surface area (TPSA) is 29.5 Å². The van der Waals surface area contributed by atoms with Crippen molar-refractivity contribution in [2.75, 3.05) is 7.11 Å². The summed E-state index contributed by atoms with van der Waals surface area (Å²) < 4.78 is 31.9. The first kappa shape index (κ1) is 12.0. The van der Waals surface area contributed by atoms with E-state index in [0.29, 0.717) is 10.6 Å². The van der Waals surface area contributed by atoms with Crippen LogP contribution in [0.1, 0.15) is 16.5 Å². The predicted molar refractivity (Wildman–Crippen MR) is 61.3 cm³/mol. The van der Waals surface area contributed by atoms with E-state index >= 15 is 0 Å². The highest BCUT2D eigenvalue weighted by atomic mass is 32.1. The van der Waals surface area contributed by atoms with Gasteiger partial charge in [0.2, 0.25) is 0 Å². The van der Waals surface area contributed by atoms with Crippen LogP contribution < -0.4 is 4.74 Å². The van der Waals surface area contributed by atoms with Gasteiger partial charge in [-0.1, -0.05) is 6.07 Å². The highest BCUT2D eigenvalue weighted by Crippen LogP contribution is 2.33. The molecule has 1 atom stereocenters. The van der Waals surface area contributed by atoms with Crippen molar-refractivity contribution < 1.29 is 18.6 Å². The molecule has 17 heavy (non-hydrogen) atoms. The number of hydrogen-bond acceptors (Lipinski definition) is 3. The van der Waals surface area contributed by atoms with Crippen molar-refractivity contribution in [3.63, 3.8) is 0 Å². The molecule has 0 spiro atoms. The summed E-state index contributed by atoms with van der Waals surface area (Å²) in [6.07, 6.45) is -1.31. The van der Waals surface area contributed by atoms with Crippen LogP contribution >= 0.6 is 11.3 Å². The van der Waals surface area contributed by atoms with Crippen molar-refractivity contribution in [1.82, 2.24) is 0 Å². The van der Waals surface area contributed by atoms with Crippen molar-refractivity contribution in [3.8, 4) is 5.75 Å². The summed E-state index contributed by atoms with van der Waals surface area (Å²) in [5, 5.41) is 11.6. The number of rotatable bonds is 3. The monoisotopic (exact) mass is 256 g/mol. The van der Waals surface area contributed by atoms with Crippen molar-refractivity contribution in [2.24, 2.45) is 0 Å². The summed E-state index contributed by atoms with van der Waals surface area (Å²) in [6, 6.07) is 5.05. The van der Waals surface area contributed by atoms with Crippen molar-refractivity contribution in [2.45, 2.75) is 6.10 Å². The Balaban J connectivity index is 2.39. The van der Waals surface area contributed by atoms with Crippen LogP contribution in [0, 0.1) is 11.6 Å². The largest absolute Gasteiger partial charge is 0.496 e. The number of hydrogen-bond donors (Lipinski definition) is 1. The number of thiophene rings is 1. The molecule has 5 heteroatoms. The molecule has 1 heterocycles. The molecule has 0 aliphatic rings. The van der Waals surface area contributed by atoms with Gasteiger partial charge in [0.25, 0.3) is 0 Å². The van der Waals surface area contributed by atoms with E-state index in [0.717, 1.165) is 12.1 Å². The first-order chi connectivity index (χ1) is 8.13. The van der Waals surface area contributed by atoms with Crippen molar-refractivity contribution >= 4 is 11.3 Å². The van der Waals surface area contributed by atoms with Crippen LogP contribution in [0.3, 0.4) is 0 Å². The zero-order valence-electron chi connectivity index (χ0n) is 8.98. The van der Waals surface area contributed by atoms with Gasteiger partial charge in [-0.2, -0.15) is 0 Å². The van der Waals surface area contributed by atoms with Gasteiger partial charge < -0.3 is 9.84 Å². The third-order valence-corrected chi connectivity index (χ3v) is 3.34. The number of methoxy groups -OCH3 is 1. The Hall–Kier alpha value is -1.46. The van der Waals surface area contributed by atoms with Crippen molar-refractivity contribution in [1.29, 1.82) is 0 Å². The third-order valence-electron chi connectivity index (χ3n) is 2.37. The molecule has 0 aliphatic heterocycles. The van der Waals surface area contributed by atoms with Gasteiger partial charge in [0.15, 0.2) is 0 Å². The number of ether oxygens (including phenoxy) is 1. The van der Waals surface area contributed by atoms with Gasteiger partial charge in [-0.3, -0.25) is 0 Å². The lowest BCUT2D eigenvalue weighted by molar-refractivity contribution is 0.212. The minimum absolute atomic E-state index is 0.336. The van der Waals surface area contributed by atoms with E-state index in [4.69, 9.17) is 4.74 Å². The van der Waals surface area contributed by atoms with E-state index in [1.807, 2.05) is 0 Å². The van der Waals surface area contributed by atoms with E-state index in [1.54, 1.807) is 11.4 Å². The molecular weight excluding hydrogens is 246 g/mol. The van der Waals surface area contributed by atoms with Gasteiger partial charge in [-0.15, -0.1) is 11.3 Å². The molecule has 0 aliphatic carbocycles. The molecule has 1 aromatic carbocycles. The number of benzene rings is 1. The fourth-order valence-corrected chi connectivity index (χ4v) is 2.35. The normalized spacial score (nSPS) is 12.5. The highest BCUT2D eigenvalue weighted by Gasteiger charge is 2.21. The van der Waals surface area contributed by atoms with E-state index in [1.165, 1.54) is 24.5 Å². The zero-order chi connectivity index (χ0) is 12.4. The Morgan fingerprint density at radius 3 is 2.47 bits per heavy atom. The molecular formula is C12H10F2O2S. The van der Waals surface area contributed by atoms with Crippen LogP contribution in [0.4, 0.5) is 8.78 Å². The van der Waals surface area contributed by atoms with Crippen LogP contribution in [0.2, 0.25) is 0 Å². The summed E-state index contributed by atoms with van der Waals surface area (Å²) in [7, 11) is 1.49. The first-order valence-electron chi connectivity index (χ1n) is 4.88. The Bertz CT molecular complexity index is 505. The molecule has 2 rings (SSSR count). The molecule has 1 N–H and O–H groups in total. The number of aliphatic hydroxyl groups excluding tert-OH is 1. The van der Waals surface area contributed by atoms with E-state index < -0.39 is 17.7 Å². The van der Waals surface area contributed by atoms with E-state index in [-0.39, 0.29) is 5.56 Å². The fraction of sp³-hybridized carbons (Fsp3) is 0.167. The molecule has 90 valence electrons. The maximum absolute atomic E-state index is 13.4. The molecule has 0 fully saturated rings. The quantitative estimate of drug-likeness (QED) is 0.914. The molecule has 1 aromatic heterocycles. The second-order valence-electron chi connectivity index (χ2n) is 3.43. The minimum atomic E-state index is -1.31. The van der Waals surface area contributed by atoms with Crippen molar-refractivity contribution in [3.05, 3.63) is 51.7 Å². The summed E-state index contributed by atoms with van der Waals surface area (Å²) in [5.41, 5.74) is -0.336. The molecule has 2 nitrogen and oxygen atoms in total. The standard InChI is InChI=1S/C12H10F2O2S/c1-16-7-5-10(17-6-7)12(15)11-8(13)3-2-4-9(11)14/h2-6,12,15H,1H3. The van der Waals surface area contributed by atoms with Crippen LogP contribution in [0.15, 0.2) is 29.6 Å². The minimum Gasteiger partial charge on any atom is -0.496 e. The third kappa shape index (κ3) is 2.30. The summed E-state index contributed by atoms with van der Waals surface area (Å²) in [6.45, 7) is 0. The summed E-state index contributed by atoms with van der Waals surface area (Å²) in [5.74, 6) is -0.962. The first-order valence-corrected chi connectivity index (χ1v) is 5.76.